The molecule has 0 aliphatic heterocycles. The van der Waals surface area contributed by atoms with E-state index in [0.717, 1.165) is 11.7 Å². The van der Waals surface area contributed by atoms with Gasteiger partial charge < -0.3 is 9.52 Å². The molecule has 0 radical (unpaired) electrons. The van der Waals surface area contributed by atoms with E-state index in [1.54, 1.807) is 11.3 Å². The lowest BCUT2D eigenvalue weighted by Crippen LogP contribution is -1.99. The number of thiophene rings is 1. The molecule has 0 spiro atoms. The molecule has 1 aliphatic rings. The van der Waals surface area contributed by atoms with E-state index in [9.17, 15) is 5.11 Å². The van der Waals surface area contributed by atoms with E-state index in [1.165, 1.54) is 12.0 Å². The zero-order chi connectivity index (χ0) is 11.8. The van der Waals surface area contributed by atoms with Crippen molar-refractivity contribution in [2.45, 2.75) is 31.8 Å². The van der Waals surface area contributed by atoms with Gasteiger partial charge in [0.2, 0.25) is 0 Å². The highest BCUT2D eigenvalue weighted by atomic mass is 32.1. The third kappa shape index (κ3) is 2.31. The number of rotatable bonds is 4. The van der Waals surface area contributed by atoms with Gasteiger partial charge in [0.25, 0.3) is 0 Å². The minimum atomic E-state index is -0.521. The lowest BCUT2D eigenvalue weighted by Gasteiger charge is -2.05. The Balaban J connectivity index is 1.69. The molecule has 17 heavy (non-hydrogen) atoms. The van der Waals surface area contributed by atoms with Gasteiger partial charge in [-0.2, -0.15) is 11.3 Å². The summed E-state index contributed by atoms with van der Waals surface area (Å²) in [4.78, 5) is 0. The fourth-order valence-electron chi connectivity index (χ4n) is 2.20. The van der Waals surface area contributed by atoms with Gasteiger partial charge in [0.1, 0.15) is 17.6 Å². The van der Waals surface area contributed by atoms with Gasteiger partial charge in [-0.15, -0.1) is 0 Å². The molecule has 1 N–H and O–H groups in total. The Labute approximate surface area is 105 Å². The van der Waals surface area contributed by atoms with Crippen molar-refractivity contribution >= 4 is 11.3 Å². The number of hydrogen-bond acceptors (Lipinski definition) is 3. The summed E-state index contributed by atoms with van der Waals surface area (Å²) in [5.74, 6) is 3.06. The van der Waals surface area contributed by atoms with Gasteiger partial charge in [-0.1, -0.05) is 6.92 Å². The average molecular weight is 248 g/mol. The normalized spacial score (nSPS) is 24.8. The molecule has 3 heteroatoms. The molecule has 1 saturated carbocycles. The lowest BCUT2D eigenvalue weighted by atomic mass is 10.1. The van der Waals surface area contributed by atoms with Crippen molar-refractivity contribution in [3.63, 3.8) is 0 Å². The Bertz CT molecular complexity index is 486. The van der Waals surface area contributed by atoms with Gasteiger partial charge >= 0.3 is 0 Å². The molecule has 2 heterocycles. The van der Waals surface area contributed by atoms with Crippen molar-refractivity contribution in [3.05, 3.63) is 46.0 Å². The summed E-state index contributed by atoms with van der Waals surface area (Å²) < 4.78 is 5.74. The Morgan fingerprint density at radius 3 is 2.94 bits per heavy atom. The summed E-state index contributed by atoms with van der Waals surface area (Å²) in [6, 6.07) is 5.97. The van der Waals surface area contributed by atoms with Gasteiger partial charge in [-0.05, 0) is 46.9 Å². The van der Waals surface area contributed by atoms with Gasteiger partial charge in [-0.25, -0.2) is 0 Å². The van der Waals surface area contributed by atoms with Crippen molar-refractivity contribution in [1.29, 1.82) is 0 Å². The molecule has 90 valence electrons. The average Bonchev–Trinajstić information content (AvgIpc) is 2.79. The summed E-state index contributed by atoms with van der Waals surface area (Å²) in [5.41, 5.74) is 1.17. The number of furan rings is 1. The quantitative estimate of drug-likeness (QED) is 0.894. The third-order valence-electron chi connectivity index (χ3n) is 3.46. The molecular formula is C14H16O2S. The molecular weight excluding hydrogens is 232 g/mol. The maximum absolute atomic E-state index is 10.1. The summed E-state index contributed by atoms with van der Waals surface area (Å²) in [6.07, 6.45) is 1.33. The molecule has 2 nitrogen and oxygen atoms in total. The topological polar surface area (TPSA) is 33.4 Å². The van der Waals surface area contributed by atoms with Gasteiger partial charge in [0.05, 0.1) is 0 Å². The Morgan fingerprint density at radius 1 is 1.47 bits per heavy atom. The predicted octanol–water partition coefficient (Wildman–Crippen LogP) is 3.74. The smallest absolute Gasteiger partial charge is 0.133 e. The fourth-order valence-corrected chi connectivity index (χ4v) is 2.88. The van der Waals surface area contributed by atoms with Crippen LogP contribution in [0.5, 0.6) is 0 Å². The summed E-state index contributed by atoms with van der Waals surface area (Å²) in [5, 5.41) is 14.2. The monoisotopic (exact) mass is 248 g/mol. The van der Waals surface area contributed by atoms with Crippen LogP contribution < -0.4 is 0 Å². The molecule has 0 amide bonds. The first-order valence-corrected chi connectivity index (χ1v) is 6.97. The Kier molecular flexibility index (Phi) is 2.81. The molecule has 3 rings (SSSR count). The van der Waals surface area contributed by atoms with E-state index in [0.29, 0.717) is 18.1 Å². The summed E-state index contributed by atoms with van der Waals surface area (Å²) in [7, 11) is 0. The van der Waals surface area contributed by atoms with Crippen molar-refractivity contribution in [1.82, 2.24) is 0 Å². The van der Waals surface area contributed by atoms with Gasteiger partial charge in [0.15, 0.2) is 0 Å². The van der Waals surface area contributed by atoms with Crippen LogP contribution in [0.25, 0.3) is 0 Å². The second kappa shape index (κ2) is 4.31. The molecule has 0 aromatic carbocycles. The van der Waals surface area contributed by atoms with Crippen molar-refractivity contribution < 1.29 is 9.52 Å². The van der Waals surface area contributed by atoms with Crippen LogP contribution in [0.2, 0.25) is 0 Å². The maximum Gasteiger partial charge on any atom is 0.133 e. The second-order valence-electron chi connectivity index (χ2n) is 4.91. The zero-order valence-electron chi connectivity index (χ0n) is 9.80. The molecule has 0 saturated heterocycles. The van der Waals surface area contributed by atoms with Crippen LogP contribution in [0.4, 0.5) is 0 Å². The first-order valence-electron chi connectivity index (χ1n) is 6.03. The SMILES string of the molecule is CC1CC1c1ccc(C(O)Cc2ccsc2)o1. The van der Waals surface area contributed by atoms with Crippen LogP contribution in [0, 0.1) is 5.92 Å². The molecule has 3 unspecified atom stereocenters. The van der Waals surface area contributed by atoms with Crippen molar-refractivity contribution in [2.75, 3.05) is 0 Å². The number of aliphatic hydroxyl groups is 1. The van der Waals surface area contributed by atoms with E-state index in [2.05, 4.69) is 12.3 Å². The van der Waals surface area contributed by atoms with E-state index in [1.807, 2.05) is 23.6 Å². The Hall–Kier alpha value is -1.06. The zero-order valence-corrected chi connectivity index (χ0v) is 10.6. The summed E-state index contributed by atoms with van der Waals surface area (Å²) in [6.45, 7) is 2.23. The van der Waals surface area contributed by atoms with Crippen LogP contribution in [-0.2, 0) is 6.42 Å². The van der Waals surface area contributed by atoms with Crippen LogP contribution in [-0.4, -0.2) is 5.11 Å². The van der Waals surface area contributed by atoms with E-state index in [4.69, 9.17) is 4.42 Å². The van der Waals surface area contributed by atoms with Crippen molar-refractivity contribution in [2.24, 2.45) is 5.92 Å². The van der Waals surface area contributed by atoms with Crippen LogP contribution in [0.15, 0.2) is 33.4 Å². The largest absolute Gasteiger partial charge is 0.463 e. The fraction of sp³-hybridized carbons (Fsp3) is 0.429. The highest BCUT2D eigenvalue weighted by molar-refractivity contribution is 7.07. The lowest BCUT2D eigenvalue weighted by molar-refractivity contribution is 0.148. The van der Waals surface area contributed by atoms with Crippen LogP contribution in [0.1, 0.15) is 42.5 Å². The van der Waals surface area contributed by atoms with Gasteiger partial charge in [0, 0.05) is 12.3 Å². The Morgan fingerprint density at radius 2 is 2.29 bits per heavy atom. The predicted molar refractivity (Wildman–Crippen MR) is 68.2 cm³/mol. The minimum Gasteiger partial charge on any atom is -0.463 e. The molecule has 2 aromatic heterocycles. The molecule has 1 fully saturated rings. The molecule has 0 bridgehead atoms. The second-order valence-corrected chi connectivity index (χ2v) is 5.69. The highest BCUT2D eigenvalue weighted by Crippen LogP contribution is 2.47. The number of aliphatic hydroxyl groups excluding tert-OH is 1. The van der Waals surface area contributed by atoms with E-state index in [-0.39, 0.29) is 0 Å². The maximum atomic E-state index is 10.1. The van der Waals surface area contributed by atoms with E-state index < -0.39 is 6.10 Å². The first kappa shape index (κ1) is 11.1. The standard InChI is InChI=1S/C14H16O2S/c1-9-6-11(9)13-2-3-14(16-13)12(15)7-10-4-5-17-8-10/h2-5,8-9,11-12,15H,6-7H2,1H3. The van der Waals surface area contributed by atoms with Crippen LogP contribution in [0.3, 0.4) is 0 Å². The third-order valence-corrected chi connectivity index (χ3v) is 4.19. The highest BCUT2D eigenvalue weighted by Gasteiger charge is 2.36. The van der Waals surface area contributed by atoms with Crippen molar-refractivity contribution in [3.8, 4) is 0 Å². The van der Waals surface area contributed by atoms with Crippen LogP contribution >= 0.6 is 11.3 Å². The minimum absolute atomic E-state index is 0.521. The molecule has 1 aliphatic carbocycles. The number of hydrogen-bond donors (Lipinski definition) is 1. The summed E-state index contributed by atoms with van der Waals surface area (Å²) >= 11 is 1.66. The van der Waals surface area contributed by atoms with Gasteiger partial charge in [-0.3, -0.25) is 0 Å². The van der Waals surface area contributed by atoms with E-state index >= 15 is 0 Å². The molecule has 2 aromatic rings. The molecule has 3 atom stereocenters. The first-order chi connectivity index (χ1) is 8.24.